The average molecular weight is 324 g/mol. The van der Waals surface area contributed by atoms with Crippen molar-refractivity contribution in [2.75, 3.05) is 11.9 Å². The maximum Gasteiger partial charge on any atom is 0.313 e. The van der Waals surface area contributed by atoms with Crippen molar-refractivity contribution in [3.63, 3.8) is 0 Å². The van der Waals surface area contributed by atoms with Crippen LogP contribution in [0.5, 0.6) is 5.88 Å². The van der Waals surface area contributed by atoms with Gasteiger partial charge in [0.25, 0.3) is 0 Å². The number of nitriles is 1. The molecule has 122 valence electrons. The highest BCUT2D eigenvalue weighted by Gasteiger charge is 2.14. The van der Waals surface area contributed by atoms with Crippen LogP contribution in [0.15, 0.2) is 42.6 Å². The van der Waals surface area contributed by atoms with Crippen LogP contribution in [0.1, 0.15) is 18.1 Å². The lowest BCUT2D eigenvalue weighted by Gasteiger charge is -2.10. The summed E-state index contributed by atoms with van der Waals surface area (Å²) in [6.45, 7) is 2.40. The Morgan fingerprint density at radius 3 is 2.83 bits per heavy atom. The summed E-state index contributed by atoms with van der Waals surface area (Å²) in [7, 11) is 0. The molecule has 7 nitrogen and oxygen atoms in total. The molecule has 1 aromatic carbocycles. The number of anilines is 1. The molecule has 1 heterocycles. The summed E-state index contributed by atoms with van der Waals surface area (Å²) in [6.07, 6.45) is 1.59. The minimum Gasteiger partial charge on any atom is -0.478 e. The molecule has 0 aliphatic carbocycles. The first kappa shape index (κ1) is 17.0. The van der Waals surface area contributed by atoms with Crippen molar-refractivity contribution in [3.05, 3.63) is 53.7 Å². The number of hydrogen-bond acceptors (Lipinski definition) is 5. The SMILES string of the molecule is CCOc1ncccc1CNC(=O)C(=O)Nc1cccc(C#N)c1. The number of carbonyl (C=O) groups is 2. The fourth-order valence-electron chi connectivity index (χ4n) is 1.94. The van der Waals surface area contributed by atoms with Gasteiger partial charge in [-0.25, -0.2) is 4.98 Å². The fourth-order valence-corrected chi connectivity index (χ4v) is 1.94. The Morgan fingerprint density at radius 2 is 2.08 bits per heavy atom. The van der Waals surface area contributed by atoms with Crippen LogP contribution in [0.4, 0.5) is 5.69 Å². The van der Waals surface area contributed by atoms with Gasteiger partial charge >= 0.3 is 11.8 Å². The van der Waals surface area contributed by atoms with Crippen LogP contribution in [0, 0.1) is 11.3 Å². The lowest BCUT2D eigenvalue weighted by atomic mass is 10.2. The summed E-state index contributed by atoms with van der Waals surface area (Å²) < 4.78 is 5.36. The topological polar surface area (TPSA) is 104 Å². The summed E-state index contributed by atoms with van der Waals surface area (Å²) >= 11 is 0. The molecule has 2 amide bonds. The summed E-state index contributed by atoms with van der Waals surface area (Å²) in [5.41, 5.74) is 1.45. The second kappa shape index (κ2) is 8.29. The number of hydrogen-bond donors (Lipinski definition) is 2. The maximum absolute atomic E-state index is 11.9. The second-order valence-corrected chi connectivity index (χ2v) is 4.73. The summed E-state index contributed by atoms with van der Waals surface area (Å²) in [6, 6.07) is 11.7. The van der Waals surface area contributed by atoms with Gasteiger partial charge in [0.2, 0.25) is 5.88 Å². The van der Waals surface area contributed by atoms with Crippen LogP contribution in [0.25, 0.3) is 0 Å². The molecule has 0 fully saturated rings. The Morgan fingerprint density at radius 1 is 1.25 bits per heavy atom. The number of nitrogens with zero attached hydrogens (tertiary/aromatic N) is 2. The number of carbonyl (C=O) groups excluding carboxylic acids is 2. The van der Waals surface area contributed by atoms with Gasteiger partial charge in [0.15, 0.2) is 0 Å². The molecule has 0 unspecified atom stereocenters. The van der Waals surface area contributed by atoms with Crippen molar-refractivity contribution < 1.29 is 14.3 Å². The van der Waals surface area contributed by atoms with E-state index in [4.69, 9.17) is 10.00 Å². The van der Waals surface area contributed by atoms with Crippen molar-refractivity contribution in [2.45, 2.75) is 13.5 Å². The molecular weight excluding hydrogens is 308 g/mol. The summed E-state index contributed by atoms with van der Waals surface area (Å²) in [5, 5.41) is 13.8. The van der Waals surface area contributed by atoms with Gasteiger partial charge in [0.05, 0.1) is 18.2 Å². The van der Waals surface area contributed by atoms with E-state index in [1.165, 1.54) is 6.07 Å². The van der Waals surface area contributed by atoms with Crippen LogP contribution in [-0.4, -0.2) is 23.4 Å². The predicted octanol–water partition coefficient (Wildman–Crippen LogP) is 1.61. The maximum atomic E-state index is 11.9. The first-order valence-corrected chi connectivity index (χ1v) is 7.30. The third kappa shape index (κ3) is 4.55. The Balaban J connectivity index is 1.95. The number of aromatic nitrogens is 1. The van der Waals surface area contributed by atoms with Gasteiger partial charge in [-0.2, -0.15) is 5.26 Å². The fraction of sp³-hybridized carbons (Fsp3) is 0.176. The smallest absolute Gasteiger partial charge is 0.313 e. The largest absolute Gasteiger partial charge is 0.478 e. The van der Waals surface area contributed by atoms with Crippen molar-refractivity contribution in [2.24, 2.45) is 0 Å². The van der Waals surface area contributed by atoms with Crippen LogP contribution >= 0.6 is 0 Å². The number of rotatable bonds is 5. The molecule has 0 saturated carbocycles. The van der Waals surface area contributed by atoms with Gasteiger partial charge in [-0.1, -0.05) is 12.1 Å². The Kier molecular flexibility index (Phi) is 5.86. The molecule has 0 atom stereocenters. The third-order valence-corrected chi connectivity index (χ3v) is 3.03. The standard InChI is InChI=1S/C17H16N4O3/c1-2-24-17-13(6-4-8-19-17)11-20-15(22)16(23)21-14-7-3-5-12(9-14)10-18/h3-9H,2,11H2,1H3,(H,20,22)(H,21,23). The molecule has 0 bridgehead atoms. The molecule has 2 N–H and O–H groups in total. The Bertz CT molecular complexity index is 783. The van der Waals surface area contributed by atoms with Crippen molar-refractivity contribution in [1.29, 1.82) is 5.26 Å². The zero-order valence-electron chi connectivity index (χ0n) is 13.1. The van der Waals surface area contributed by atoms with E-state index in [-0.39, 0.29) is 6.54 Å². The number of nitrogens with one attached hydrogen (secondary N) is 2. The molecule has 0 saturated heterocycles. The predicted molar refractivity (Wildman–Crippen MR) is 87.0 cm³/mol. The van der Waals surface area contributed by atoms with Gasteiger partial charge in [0.1, 0.15) is 0 Å². The average Bonchev–Trinajstić information content (AvgIpc) is 2.61. The van der Waals surface area contributed by atoms with E-state index in [9.17, 15) is 9.59 Å². The first-order chi connectivity index (χ1) is 11.6. The zero-order valence-corrected chi connectivity index (χ0v) is 13.1. The first-order valence-electron chi connectivity index (χ1n) is 7.30. The van der Waals surface area contributed by atoms with E-state index >= 15 is 0 Å². The van der Waals surface area contributed by atoms with Gasteiger partial charge in [-0.05, 0) is 31.2 Å². The van der Waals surface area contributed by atoms with Crippen LogP contribution in [-0.2, 0) is 16.1 Å². The monoisotopic (exact) mass is 324 g/mol. The van der Waals surface area contributed by atoms with Crippen LogP contribution in [0.2, 0.25) is 0 Å². The van der Waals surface area contributed by atoms with E-state index in [0.717, 1.165) is 0 Å². The Labute approximate surface area is 139 Å². The number of amides is 2. The van der Waals surface area contributed by atoms with Crippen LogP contribution in [0.3, 0.4) is 0 Å². The van der Waals surface area contributed by atoms with Crippen molar-refractivity contribution in [3.8, 4) is 11.9 Å². The van der Waals surface area contributed by atoms with Gasteiger partial charge in [-0.3, -0.25) is 9.59 Å². The van der Waals surface area contributed by atoms with Gasteiger partial charge < -0.3 is 15.4 Å². The molecule has 24 heavy (non-hydrogen) atoms. The summed E-state index contributed by atoms with van der Waals surface area (Å²) in [5.74, 6) is -1.18. The molecule has 7 heteroatoms. The van der Waals surface area contributed by atoms with E-state index in [1.54, 1.807) is 36.5 Å². The lowest BCUT2D eigenvalue weighted by Crippen LogP contribution is -2.35. The Hall–Kier alpha value is -3.40. The van der Waals surface area contributed by atoms with E-state index in [0.29, 0.717) is 29.3 Å². The summed E-state index contributed by atoms with van der Waals surface area (Å²) in [4.78, 5) is 27.9. The van der Waals surface area contributed by atoms with E-state index < -0.39 is 11.8 Å². The van der Waals surface area contributed by atoms with E-state index in [2.05, 4.69) is 15.6 Å². The van der Waals surface area contributed by atoms with E-state index in [1.807, 2.05) is 13.0 Å². The molecule has 0 aliphatic rings. The minimum absolute atomic E-state index is 0.119. The number of ether oxygens (including phenoxy) is 1. The quantitative estimate of drug-likeness (QED) is 0.813. The highest BCUT2D eigenvalue weighted by molar-refractivity contribution is 6.39. The number of benzene rings is 1. The molecule has 0 aliphatic heterocycles. The molecule has 2 rings (SSSR count). The zero-order chi connectivity index (χ0) is 17.4. The van der Waals surface area contributed by atoms with Crippen molar-refractivity contribution >= 4 is 17.5 Å². The second-order valence-electron chi connectivity index (χ2n) is 4.73. The minimum atomic E-state index is -0.813. The molecule has 0 spiro atoms. The molecular formula is C17H16N4O3. The van der Waals surface area contributed by atoms with Crippen molar-refractivity contribution in [1.82, 2.24) is 10.3 Å². The highest BCUT2D eigenvalue weighted by Crippen LogP contribution is 2.14. The number of pyridine rings is 1. The van der Waals surface area contributed by atoms with Gasteiger partial charge in [-0.15, -0.1) is 0 Å². The third-order valence-electron chi connectivity index (χ3n) is 3.03. The van der Waals surface area contributed by atoms with Crippen LogP contribution < -0.4 is 15.4 Å². The highest BCUT2D eigenvalue weighted by atomic mass is 16.5. The molecule has 2 aromatic rings. The molecule has 1 aromatic heterocycles. The molecule has 0 radical (unpaired) electrons. The normalized spacial score (nSPS) is 9.67. The van der Waals surface area contributed by atoms with Gasteiger partial charge in [0, 0.05) is 24.0 Å². The lowest BCUT2D eigenvalue weighted by molar-refractivity contribution is -0.136.